The van der Waals surface area contributed by atoms with Gasteiger partial charge in [-0.1, -0.05) is 6.42 Å². The number of hydrogen-bond acceptors (Lipinski definition) is 4. The Kier molecular flexibility index (Phi) is 10.3. The van der Waals surface area contributed by atoms with E-state index in [1.54, 1.807) is 19.0 Å². The third kappa shape index (κ3) is 7.33. The summed E-state index contributed by atoms with van der Waals surface area (Å²) in [5.41, 5.74) is 0. The third-order valence-electron chi connectivity index (χ3n) is 6.02. The highest BCUT2D eigenvalue weighted by Gasteiger charge is 2.39. The molecule has 3 fully saturated rings. The zero-order valence-electron chi connectivity index (χ0n) is 17.3. The van der Waals surface area contributed by atoms with Gasteiger partial charge < -0.3 is 25.0 Å². The van der Waals surface area contributed by atoms with Gasteiger partial charge in [-0.3, -0.25) is 4.79 Å². The van der Waals surface area contributed by atoms with Crippen LogP contribution in [0, 0.1) is 11.8 Å². The molecule has 0 aromatic rings. The molecule has 4 unspecified atom stereocenters. The summed E-state index contributed by atoms with van der Waals surface area (Å²) in [5, 5.41) is 6.97. The summed E-state index contributed by atoms with van der Waals surface area (Å²) in [7, 11) is 3.53. The molecule has 1 heterocycles. The van der Waals surface area contributed by atoms with E-state index in [1.165, 1.54) is 25.7 Å². The van der Waals surface area contributed by atoms with Gasteiger partial charge >= 0.3 is 0 Å². The van der Waals surface area contributed by atoms with Crippen LogP contribution in [0.15, 0.2) is 4.99 Å². The van der Waals surface area contributed by atoms with Crippen molar-refractivity contribution in [1.29, 1.82) is 0 Å². The lowest BCUT2D eigenvalue weighted by Crippen LogP contribution is -2.46. The van der Waals surface area contributed by atoms with Gasteiger partial charge in [0.1, 0.15) is 6.54 Å². The van der Waals surface area contributed by atoms with E-state index in [0.29, 0.717) is 19.3 Å². The van der Waals surface area contributed by atoms with E-state index in [1.807, 2.05) is 0 Å². The fourth-order valence-corrected chi connectivity index (χ4v) is 4.41. The average Bonchev–Trinajstić information content (AvgIpc) is 3.40. The Hall–Kier alpha value is -0.610. The van der Waals surface area contributed by atoms with E-state index in [0.717, 1.165) is 50.2 Å². The van der Waals surface area contributed by atoms with Crippen LogP contribution in [0.3, 0.4) is 0 Å². The molecule has 7 nitrogen and oxygen atoms in total. The number of ether oxygens (including phenoxy) is 2. The summed E-state index contributed by atoms with van der Waals surface area (Å²) in [5.74, 6) is 2.43. The number of carbonyl (C=O) groups excluding carboxylic acids is 1. The fourth-order valence-electron chi connectivity index (χ4n) is 4.41. The van der Waals surface area contributed by atoms with Crippen molar-refractivity contribution in [3.8, 4) is 0 Å². The molecule has 1 amide bonds. The number of rotatable bonds is 9. The first-order chi connectivity index (χ1) is 13.1. The maximum Gasteiger partial charge on any atom is 0.243 e. The average molecular weight is 508 g/mol. The minimum atomic E-state index is 0. The van der Waals surface area contributed by atoms with Gasteiger partial charge in [-0.15, -0.1) is 24.0 Å². The summed E-state index contributed by atoms with van der Waals surface area (Å²) < 4.78 is 11.3. The minimum Gasteiger partial charge on any atom is -0.379 e. The molecule has 2 N–H and O–H groups in total. The van der Waals surface area contributed by atoms with E-state index >= 15 is 0 Å². The van der Waals surface area contributed by atoms with E-state index < -0.39 is 0 Å². The standard InChI is InChI=1S/C20H36N4O3.HI/c1-24(2)19(25)13-22-20(23-18-12-15-6-7-16(18)11-15)21-8-4-9-26-14-17-5-3-10-27-17;/h15-18H,3-14H2,1-2H3,(H2,21,22,23);1H. The lowest BCUT2D eigenvalue weighted by Gasteiger charge is -2.25. The quantitative estimate of drug-likeness (QED) is 0.216. The van der Waals surface area contributed by atoms with Crippen LogP contribution in [0.4, 0.5) is 0 Å². The zero-order valence-corrected chi connectivity index (χ0v) is 19.7. The number of nitrogens with zero attached hydrogens (tertiary/aromatic N) is 2. The van der Waals surface area contributed by atoms with E-state index in [4.69, 9.17) is 9.47 Å². The molecular weight excluding hydrogens is 471 g/mol. The number of carbonyl (C=O) groups is 1. The molecule has 2 saturated carbocycles. The Labute approximate surface area is 186 Å². The second kappa shape index (κ2) is 12.2. The zero-order chi connectivity index (χ0) is 19.1. The largest absolute Gasteiger partial charge is 0.379 e. The number of halogens is 1. The second-order valence-electron chi connectivity index (χ2n) is 8.37. The second-order valence-corrected chi connectivity index (χ2v) is 8.37. The predicted molar refractivity (Wildman–Crippen MR) is 121 cm³/mol. The summed E-state index contributed by atoms with van der Waals surface area (Å²) in [6, 6.07) is 0.500. The molecule has 2 bridgehead atoms. The maximum absolute atomic E-state index is 11.9. The lowest BCUT2D eigenvalue weighted by molar-refractivity contribution is -0.127. The van der Waals surface area contributed by atoms with Gasteiger partial charge in [-0.2, -0.15) is 0 Å². The van der Waals surface area contributed by atoms with Gasteiger partial charge in [0, 0.05) is 39.9 Å². The summed E-state index contributed by atoms with van der Waals surface area (Å²) in [4.78, 5) is 18.0. The van der Waals surface area contributed by atoms with Crippen LogP contribution >= 0.6 is 24.0 Å². The summed E-state index contributed by atoms with van der Waals surface area (Å²) in [6.07, 6.45) is 8.74. The van der Waals surface area contributed by atoms with E-state index in [2.05, 4.69) is 15.6 Å². The Morgan fingerprint density at radius 3 is 2.75 bits per heavy atom. The first-order valence-electron chi connectivity index (χ1n) is 10.6. The van der Waals surface area contributed by atoms with Gasteiger partial charge in [-0.05, 0) is 50.4 Å². The summed E-state index contributed by atoms with van der Waals surface area (Å²) in [6.45, 7) is 3.25. The van der Waals surface area contributed by atoms with Crippen molar-refractivity contribution >= 4 is 35.8 Å². The molecule has 2 aliphatic carbocycles. The number of nitrogens with one attached hydrogen (secondary N) is 2. The molecule has 0 aromatic heterocycles. The Morgan fingerprint density at radius 1 is 1.25 bits per heavy atom. The first-order valence-corrected chi connectivity index (χ1v) is 10.6. The third-order valence-corrected chi connectivity index (χ3v) is 6.02. The normalized spacial score (nSPS) is 28.9. The minimum absolute atomic E-state index is 0. The SMILES string of the molecule is CN(C)C(=O)CN=C(NCCCOCC1CCCO1)NC1CC2CCC1C2.I. The molecule has 1 aliphatic heterocycles. The number of aliphatic imine (C=N–C) groups is 1. The van der Waals surface area contributed by atoms with Gasteiger partial charge in [0.2, 0.25) is 5.91 Å². The molecule has 0 aromatic carbocycles. The molecule has 3 rings (SSSR count). The van der Waals surface area contributed by atoms with Crippen molar-refractivity contribution in [2.75, 3.05) is 47.0 Å². The number of amides is 1. The van der Waals surface area contributed by atoms with Gasteiger partial charge in [-0.25, -0.2) is 4.99 Å². The van der Waals surface area contributed by atoms with Crippen LogP contribution in [0.2, 0.25) is 0 Å². The highest BCUT2D eigenvalue weighted by Crippen LogP contribution is 2.44. The number of guanidine groups is 1. The highest BCUT2D eigenvalue weighted by atomic mass is 127. The number of fused-ring (bicyclic) bond motifs is 2. The van der Waals surface area contributed by atoms with E-state index in [-0.39, 0.29) is 42.5 Å². The molecular formula is C20H37IN4O3. The monoisotopic (exact) mass is 508 g/mol. The molecule has 0 radical (unpaired) electrons. The van der Waals surface area contributed by atoms with Crippen LogP contribution in [0.25, 0.3) is 0 Å². The molecule has 0 spiro atoms. The van der Waals surface area contributed by atoms with Crippen LogP contribution in [-0.2, 0) is 14.3 Å². The van der Waals surface area contributed by atoms with Gasteiger partial charge in [0.15, 0.2) is 5.96 Å². The highest BCUT2D eigenvalue weighted by molar-refractivity contribution is 14.0. The molecule has 3 aliphatic rings. The molecule has 1 saturated heterocycles. The van der Waals surface area contributed by atoms with Crippen molar-refractivity contribution in [3.05, 3.63) is 0 Å². The van der Waals surface area contributed by atoms with Crippen molar-refractivity contribution in [2.45, 2.75) is 57.1 Å². The van der Waals surface area contributed by atoms with Crippen LogP contribution in [0.1, 0.15) is 44.9 Å². The van der Waals surface area contributed by atoms with Gasteiger partial charge in [0.25, 0.3) is 0 Å². The molecule has 28 heavy (non-hydrogen) atoms. The van der Waals surface area contributed by atoms with E-state index in [9.17, 15) is 4.79 Å². The number of hydrogen-bond donors (Lipinski definition) is 2. The summed E-state index contributed by atoms with van der Waals surface area (Å²) >= 11 is 0. The van der Waals surface area contributed by atoms with Crippen LogP contribution in [-0.4, -0.2) is 75.9 Å². The van der Waals surface area contributed by atoms with Crippen molar-refractivity contribution in [1.82, 2.24) is 15.5 Å². The molecule has 8 heteroatoms. The topological polar surface area (TPSA) is 75.2 Å². The van der Waals surface area contributed by atoms with Crippen LogP contribution in [0.5, 0.6) is 0 Å². The van der Waals surface area contributed by atoms with Gasteiger partial charge in [0.05, 0.1) is 12.7 Å². The Balaban J connectivity index is 0.00000280. The fraction of sp³-hybridized carbons (Fsp3) is 0.900. The smallest absolute Gasteiger partial charge is 0.243 e. The molecule has 4 atom stereocenters. The Bertz CT molecular complexity index is 512. The molecule has 162 valence electrons. The first kappa shape index (κ1) is 23.7. The predicted octanol–water partition coefficient (Wildman–Crippen LogP) is 2.00. The Morgan fingerprint density at radius 2 is 2.11 bits per heavy atom. The number of likely N-dealkylation sites (N-methyl/N-ethyl adjacent to an activating group) is 1. The van der Waals surface area contributed by atoms with Crippen molar-refractivity contribution < 1.29 is 14.3 Å². The van der Waals surface area contributed by atoms with Crippen molar-refractivity contribution in [3.63, 3.8) is 0 Å². The van der Waals surface area contributed by atoms with Crippen molar-refractivity contribution in [2.24, 2.45) is 16.8 Å². The van der Waals surface area contributed by atoms with Crippen LogP contribution < -0.4 is 10.6 Å². The maximum atomic E-state index is 11.9. The lowest BCUT2D eigenvalue weighted by atomic mass is 9.95.